The molecule has 0 bridgehead atoms. The first-order chi connectivity index (χ1) is 18.3. The fraction of sp³-hybridized carbons (Fsp3) is 0.519. The number of pyridine rings is 2. The van der Waals surface area contributed by atoms with Crippen LogP contribution >= 0.6 is 0 Å². The maximum atomic E-state index is 13.8. The number of hydrogen-bond donors (Lipinski definition) is 1. The van der Waals surface area contributed by atoms with Crippen molar-refractivity contribution in [3.8, 4) is 5.75 Å². The van der Waals surface area contributed by atoms with Crippen LogP contribution in [0.4, 0.5) is 5.82 Å². The number of aromatic nitrogens is 4. The number of rotatable bonds is 9. The van der Waals surface area contributed by atoms with Crippen LogP contribution in [0, 0.1) is 12.8 Å². The Bertz CT molecular complexity index is 1420. The van der Waals surface area contributed by atoms with Gasteiger partial charge in [0, 0.05) is 43.4 Å². The molecule has 11 heteroatoms. The number of carbonyl (C=O) groups excluding carboxylic acids is 1. The van der Waals surface area contributed by atoms with Crippen LogP contribution in [0.15, 0.2) is 34.5 Å². The normalized spacial score (nSPS) is 19.3. The molecular formula is C27H34N6O4S. The van der Waals surface area contributed by atoms with Crippen LogP contribution in [0.25, 0.3) is 11.0 Å². The predicted molar refractivity (Wildman–Crippen MR) is 146 cm³/mol. The predicted octanol–water partition coefficient (Wildman–Crippen LogP) is 2.90. The van der Waals surface area contributed by atoms with Gasteiger partial charge in [-0.05, 0) is 56.3 Å². The molecule has 5 rings (SSSR count). The number of nitrogen functional groups attached to an aromatic ring is 1. The molecule has 202 valence electrons. The summed E-state index contributed by atoms with van der Waals surface area (Å²) >= 11 is 0. The van der Waals surface area contributed by atoms with E-state index < -0.39 is 10.8 Å². The number of fused-ring (bicyclic) bond motifs is 1. The van der Waals surface area contributed by atoms with Crippen molar-refractivity contribution in [2.45, 2.75) is 56.6 Å². The van der Waals surface area contributed by atoms with Gasteiger partial charge in [0.05, 0.1) is 22.6 Å². The minimum Gasteiger partial charge on any atom is -0.491 e. The Hall–Kier alpha value is -3.18. The Kier molecular flexibility index (Phi) is 7.85. The molecule has 2 aliphatic rings. The van der Waals surface area contributed by atoms with Crippen molar-refractivity contribution in [1.29, 1.82) is 0 Å². The zero-order valence-corrected chi connectivity index (χ0v) is 22.7. The molecule has 1 saturated carbocycles. The molecule has 1 aliphatic carbocycles. The van der Waals surface area contributed by atoms with Gasteiger partial charge in [-0.3, -0.25) is 23.3 Å². The molecule has 0 aromatic carbocycles. The highest BCUT2D eigenvalue weighted by Gasteiger charge is 2.30. The molecule has 1 saturated heterocycles. The van der Waals surface area contributed by atoms with E-state index in [2.05, 4.69) is 19.9 Å². The number of nitrogens with two attached hydrogens (primary N) is 1. The molecule has 10 nitrogen and oxygen atoms in total. The van der Waals surface area contributed by atoms with Gasteiger partial charge in [-0.1, -0.05) is 12.8 Å². The lowest BCUT2D eigenvalue weighted by Crippen LogP contribution is -2.32. The van der Waals surface area contributed by atoms with Crippen molar-refractivity contribution in [2.24, 2.45) is 5.92 Å². The molecule has 0 spiro atoms. The number of carbonyl (C=O) groups is 1. The van der Waals surface area contributed by atoms with E-state index in [4.69, 9.17) is 10.5 Å². The molecule has 2 unspecified atom stereocenters. The number of ether oxygens (including phenoxy) is 1. The van der Waals surface area contributed by atoms with Crippen molar-refractivity contribution in [3.05, 3.63) is 46.0 Å². The van der Waals surface area contributed by atoms with E-state index in [0.29, 0.717) is 41.2 Å². The minimum absolute atomic E-state index is 0.0107. The summed E-state index contributed by atoms with van der Waals surface area (Å²) in [5.74, 6) is 1.18. The van der Waals surface area contributed by atoms with Crippen molar-refractivity contribution in [1.82, 2.24) is 24.4 Å². The number of anilines is 1. The van der Waals surface area contributed by atoms with Gasteiger partial charge in [-0.15, -0.1) is 0 Å². The number of likely N-dealkylation sites (tertiary alicyclic amines) is 1. The Labute approximate surface area is 224 Å². The topological polar surface area (TPSA) is 133 Å². The zero-order chi connectivity index (χ0) is 26.8. The smallest absolute Gasteiger partial charge is 0.263 e. The number of Topliss-reactive ketones (excluding diaryl/α,β-unsaturated/α-hetero) is 1. The van der Waals surface area contributed by atoms with Gasteiger partial charge in [0.25, 0.3) is 5.56 Å². The minimum atomic E-state index is -1.37. The van der Waals surface area contributed by atoms with E-state index >= 15 is 0 Å². The monoisotopic (exact) mass is 538 g/mol. The average molecular weight is 539 g/mol. The molecule has 0 amide bonds. The van der Waals surface area contributed by atoms with E-state index in [-0.39, 0.29) is 34.0 Å². The molecule has 2 atom stereocenters. The van der Waals surface area contributed by atoms with Crippen molar-refractivity contribution >= 4 is 33.4 Å². The third-order valence-corrected chi connectivity index (χ3v) is 8.40. The Morgan fingerprint density at radius 1 is 1.18 bits per heavy atom. The summed E-state index contributed by atoms with van der Waals surface area (Å²) in [5.41, 5.74) is 6.68. The second kappa shape index (κ2) is 11.3. The maximum absolute atomic E-state index is 13.8. The standard InChI is InChI=1S/C27H34N6O4S/c1-17-21-15-30-27(38(2)36)31-25(21)33(19-5-3-4-6-19)26(35)24(17)22(34)13-18-9-10-32(16-18)11-12-37-20-7-8-23(28)29-14-20/h7-8,14-15,18-19H,3-6,9-13,16H2,1-2H3,(H2,28,29). The highest BCUT2D eigenvalue weighted by molar-refractivity contribution is 7.84. The first-order valence-corrected chi connectivity index (χ1v) is 14.7. The highest BCUT2D eigenvalue weighted by Crippen LogP contribution is 2.32. The van der Waals surface area contributed by atoms with Gasteiger partial charge in [-0.2, -0.15) is 0 Å². The largest absolute Gasteiger partial charge is 0.491 e. The fourth-order valence-corrected chi connectivity index (χ4v) is 6.12. The summed E-state index contributed by atoms with van der Waals surface area (Å²) in [4.78, 5) is 42.5. The SMILES string of the molecule is Cc1c(C(=O)CC2CCN(CCOc3ccc(N)nc3)C2)c(=O)n(C2CCCC2)c2nc(S(C)=O)ncc12. The summed E-state index contributed by atoms with van der Waals surface area (Å²) in [7, 11) is -1.37. The molecule has 2 fully saturated rings. The van der Waals surface area contributed by atoms with E-state index in [1.165, 1.54) is 6.26 Å². The van der Waals surface area contributed by atoms with Crippen LogP contribution < -0.4 is 16.0 Å². The molecule has 3 aromatic heterocycles. The molecule has 4 heterocycles. The van der Waals surface area contributed by atoms with E-state index in [9.17, 15) is 13.8 Å². The molecule has 0 radical (unpaired) electrons. The molecule has 1 aliphatic heterocycles. The molecule has 38 heavy (non-hydrogen) atoms. The fourth-order valence-electron chi connectivity index (χ4n) is 5.70. The van der Waals surface area contributed by atoms with E-state index in [1.807, 2.05) is 0 Å². The van der Waals surface area contributed by atoms with Crippen molar-refractivity contribution in [3.63, 3.8) is 0 Å². The summed E-state index contributed by atoms with van der Waals surface area (Å²) in [6.07, 6.45) is 9.77. The Morgan fingerprint density at radius 2 is 1.97 bits per heavy atom. The van der Waals surface area contributed by atoms with Gasteiger partial charge in [-0.25, -0.2) is 15.0 Å². The highest BCUT2D eigenvalue weighted by atomic mass is 32.2. The van der Waals surface area contributed by atoms with Gasteiger partial charge < -0.3 is 10.5 Å². The van der Waals surface area contributed by atoms with Gasteiger partial charge >= 0.3 is 0 Å². The summed E-state index contributed by atoms with van der Waals surface area (Å²) < 4.78 is 19.5. The number of nitrogens with zero attached hydrogens (tertiary/aromatic N) is 5. The summed E-state index contributed by atoms with van der Waals surface area (Å²) in [6, 6.07) is 3.49. The average Bonchev–Trinajstić information content (AvgIpc) is 3.58. The van der Waals surface area contributed by atoms with Crippen LogP contribution in [-0.2, 0) is 10.8 Å². The second-order valence-corrected chi connectivity index (χ2v) is 11.6. The number of aryl methyl sites for hydroxylation is 1. The third kappa shape index (κ3) is 5.49. The van der Waals surface area contributed by atoms with Crippen molar-refractivity contribution < 1.29 is 13.7 Å². The molecular weight excluding hydrogens is 504 g/mol. The zero-order valence-electron chi connectivity index (χ0n) is 21.9. The van der Waals surface area contributed by atoms with Crippen molar-refractivity contribution in [2.75, 3.05) is 38.2 Å². The van der Waals surface area contributed by atoms with E-state index in [1.54, 1.807) is 36.0 Å². The quantitative estimate of drug-likeness (QED) is 0.322. The van der Waals surface area contributed by atoms with Crippen LogP contribution in [0.3, 0.4) is 0 Å². The second-order valence-electron chi connectivity index (χ2n) is 10.3. The van der Waals surface area contributed by atoms with Gasteiger partial charge in [0.2, 0.25) is 5.16 Å². The molecule has 2 N–H and O–H groups in total. The lowest BCUT2D eigenvalue weighted by atomic mass is 9.94. The summed E-state index contributed by atoms with van der Waals surface area (Å²) in [5, 5.41) is 0.876. The lowest BCUT2D eigenvalue weighted by molar-refractivity contribution is 0.0959. The first-order valence-electron chi connectivity index (χ1n) is 13.2. The van der Waals surface area contributed by atoms with Crippen LogP contribution in [-0.4, -0.2) is 66.9 Å². The van der Waals surface area contributed by atoms with Gasteiger partial charge in [0.1, 0.15) is 23.8 Å². The van der Waals surface area contributed by atoms with Crippen LogP contribution in [0.5, 0.6) is 5.75 Å². The van der Waals surface area contributed by atoms with Crippen LogP contribution in [0.2, 0.25) is 0 Å². The maximum Gasteiger partial charge on any atom is 0.263 e. The first kappa shape index (κ1) is 26.4. The van der Waals surface area contributed by atoms with Gasteiger partial charge in [0.15, 0.2) is 5.78 Å². The molecule has 3 aromatic rings. The third-order valence-electron chi connectivity index (χ3n) is 7.69. The summed E-state index contributed by atoms with van der Waals surface area (Å²) in [6.45, 7) is 4.73. The van der Waals surface area contributed by atoms with Crippen LogP contribution in [0.1, 0.15) is 60.5 Å². The lowest BCUT2D eigenvalue weighted by Gasteiger charge is -2.20. The number of hydrogen-bond acceptors (Lipinski definition) is 9. The Balaban J connectivity index is 1.32. The van der Waals surface area contributed by atoms with E-state index in [0.717, 1.165) is 51.7 Å². The number of ketones is 1. The Morgan fingerprint density at radius 3 is 2.68 bits per heavy atom.